The summed E-state index contributed by atoms with van der Waals surface area (Å²) in [5.41, 5.74) is 1.93. The third-order valence-corrected chi connectivity index (χ3v) is 8.33. The maximum Gasteiger partial charge on any atom is 0.250 e. The molecule has 2 aromatic carbocycles. The fourth-order valence-electron chi connectivity index (χ4n) is 5.65. The molecule has 3 heterocycles. The van der Waals surface area contributed by atoms with Crippen LogP contribution in [0.2, 0.25) is 5.02 Å². The van der Waals surface area contributed by atoms with E-state index in [0.717, 1.165) is 16.9 Å². The van der Waals surface area contributed by atoms with Crippen LogP contribution in [0.4, 0.5) is 5.69 Å². The lowest BCUT2D eigenvalue weighted by molar-refractivity contribution is -0.142. The van der Waals surface area contributed by atoms with E-state index < -0.39 is 17.4 Å². The van der Waals surface area contributed by atoms with E-state index in [2.05, 4.69) is 10.6 Å². The maximum absolute atomic E-state index is 13.8. The van der Waals surface area contributed by atoms with Crippen LogP contribution in [-0.2, 0) is 26.3 Å². The number of nitrogens with zero attached hydrogens (tertiary/aromatic N) is 1. The van der Waals surface area contributed by atoms with Gasteiger partial charge in [-0.15, -0.1) is 0 Å². The summed E-state index contributed by atoms with van der Waals surface area (Å²) in [5, 5.41) is 6.99. The summed E-state index contributed by atoms with van der Waals surface area (Å²) in [4.78, 5) is 42.2. The molecular formula is C25H26ClN3O3S. The number of thioether (sulfide) groups is 1. The van der Waals surface area contributed by atoms with Gasteiger partial charge in [0.05, 0.1) is 17.5 Å². The summed E-state index contributed by atoms with van der Waals surface area (Å²) in [6.07, 6.45) is 3.30. The lowest BCUT2D eigenvalue weighted by Gasteiger charge is -2.29. The van der Waals surface area contributed by atoms with Crippen LogP contribution < -0.4 is 10.6 Å². The van der Waals surface area contributed by atoms with E-state index in [-0.39, 0.29) is 23.8 Å². The molecule has 172 valence electrons. The smallest absolute Gasteiger partial charge is 0.250 e. The quantitative estimate of drug-likeness (QED) is 0.616. The molecule has 0 aliphatic carbocycles. The molecule has 33 heavy (non-hydrogen) atoms. The molecule has 6 nitrogen and oxygen atoms in total. The molecule has 8 heteroatoms. The third-order valence-electron chi connectivity index (χ3n) is 7.28. The molecule has 2 aromatic rings. The standard InChI is InChI=1S/C25H26ClN3O3S/c1-14-17(26)9-8-16-21(14)27-24(32)25(16)20-19(18(28-25)11-13-33-2)22(30)29(23(20)31)12-10-15-6-4-3-5-7-15/h3-9,18-20,28H,10-13H2,1-2H3,(H,27,32)/t18-,19+,20-,25-/m0/s1. The Bertz CT molecular complexity index is 1140. The van der Waals surface area contributed by atoms with Gasteiger partial charge in [-0.1, -0.05) is 48.0 Å². The first-order valence-corrected chi connectivity index (χ1v) is 12.9. The molecular weight excluding hydrogens is 458 g/mol. The molecule has 3 amide bonds. The summed E-state index contributed by atoms with van der Waals surface area (Å²) >= 11 is 8.00. The summed E-state index contributed by atoms with van der Waals surface area (Å²) in [7, 11) is 0. The lowest BCUT2D eigenvalue weighted by Crippen LogP contribution is -2.53. The largest absolute Gasteiger partial charge is 0.324 e. The molecule has 0 bridgehead atoms. The van der Waals surface area contributed by atoms with Gasteiger partial charge in [0.25, 0.3) is 0 Å². The minimum Gasteiger partial charge on any atom is -0.324 e. The number of anilines is 1. The van der Waals surface area contributed by atoms with E-state index >= 15 is 0 Å². The minimum absolute atomic E-state index is 0.177. The molecule has 0 unspecified atom stereocenters. The number of hydrogen-bond donors (Lipinski definition) is 2. The molecule has 4 atom stereocenters. The number of amides is 3. The topological polar surface area (TPSA) is 78.5 Å². The van der Waals surface area contributed by atoms with Crippen LogP contribution in [0.15, 0.2) is 42.5 Å². The van der Waals surface area contributed by atoms with Crippen LogP contribution >= 0.6 is 23.4 Å². The Labute approximate surface area is 202 Å². The predicted octanol–water partition coefficient (Wildman–Crippen LogP) is 3.36. The maximum atomic E-state index is 13.8. The number of halogens is 1. The van der Waals surface area contributed by atoms with Crippen molar-refractivity contribution in [3.8, 4) is 0 Å². The van der Waals surface area contributed by atoms with Crippen LogP contribution in [0.3, 0.4) is 0 Å². The number of benzene rings is 2. The molecule has 1 spiro atoms. The molecule has 2 saturated heterocycles. The van der Waals surface area contributed by atoms with Gasteiger partial charge in [0, 0.05) is 23.2 Å². The van der Waals surface area contributed by atoms with Crippen LogP contribution in [0.5, 0.6) is 0 Å². The Morgan fingerprint density at radius 3 is 2.58 bits per heavy atom. The number of imide groups is 1. The van der Waals surface area contributed by atoms with Gasteiger partial charge in [-0.05, 0) is 49.0 Å². The Morgan fingerprint density at radius 2 is 1.85 bits per heavy atom. The van der Waals surface area contributed by atoms with Gasteiger partial charge in [-0.2, -0.15) is 11.8 Å². The Hall–Kier alpha value is -2.35. The minimum atomic E-state index is -1.26. The highest BCUT2D eigenvalue weighted by Gasteiger charge is 2.70. The van der Waals surface area contributed by atoms with Crippen LogP contribution in [0.1, 0.15) is 23.1 Å². The van der Waals surface area contributed by atoms with E-state index in [9.17, 15) is 14.4 Å². The summed E-state index contributed by atoms with van der Waals surface area (Å²) < 4.78 is 0. The van der Waals surface area contributed by atoms with Crippen LogP contribution in [-0.4, -0.2) is 47.2 Å². The molecule has 0 saturated carbocycles. The van der Waals surface area contributed by atoms with Crippen molar-refractivity contribution >= 4 is 46.8 Å². The summed E-state index contributed by atoms with van der Waals surface area (Å²) in [6, 6.07) is 13.1. The van der Waals surface area contributed by atoms with Crippen molar-refractivity contribution < 1.29 is 14.4 Å². The highest BCUT2D eigenvalue weighted by molar-refractivity contribution is 7.98. The number of hydrogen-bond acceptors (Lipinski definition) is 5. The SMILES string of the molecule is CSCC[C@@H]1N[C@]2(C(=O)Nc3c2ccc(Cl)c3C)[C@@H]2C(=O)N(CCc3ccccc3)C(=O)[C@H]12. The highest BCUT2D eigenvalue weighted by Crippen LogP contribution is 2.54. The molecule has 3 aliphatic rings. The normalized spacial score (nSPS) is 27.9. The molecule has 2 fully saturated rings. The average molecular weight is 484 g/mol. The van der Waals surface area contributed by atoms with Gasteiger partial charge in [0.15, 0.2) is 0 Å². The molecule has 0 aromatic heterocycles. The van der Waals surface area contributed by atoms with Gasteiger partial charge in [0.1, 0.15) is 5.54 Å². The number of rotatable bonds is 6. The number of fused-ring (bicyclic) bond motifs is 4. The van der Waals surface area contributed by atoms with Gasteiger partial charge in [0.2, 0.25) is 17.7 Å². The summed E-state index contributed by atoms with van der Waals surface area (Å²) in [5.74, 6) is -1.23. The van der Waals surface area contributed by atoms with Crippen molar-refractivity contribution in [2.75, 3.05) is 23.9 Å². The molecule has 3 aliphatic heterocycles. The van der Waals surface area contributed by atoms with Crippen LogP contribution in [0, 0.1) is 18.8 Å². The van der Waals surface area contributed by atoms with Gasteiger partial charge in [-0.25, -0.2) is 0 Å². The molecule has 0 radical (unpaired) electrons. The second-order valence-electron chi connectivity index (χ2n) is 8.96. The Kier molecular flexibility index (Phi) is 5.75. The zero-order valence-corrected chi connectivity index (χ0v) is 20.1. The van der Waals surface area contributed by atoms with Crippen molar-refractivity contribution in [3.05, 3.63) is 64.2 Å². The number of nitrogens with one attached hydrogen (secondary N) is 2. The number of likely N-dealkylation sites (tertiary alicyclic amines) is 1. The van der Waals surface area contributed by atoms with Gasteiger partial charge < -0.3 is 5.32 Å². The average Bonchev–Trinajstić information content (AvgIpc) is 3.39. The van der Waals surface area contributed by atoms with Crippen molar-refractivity contribution in [1.29, 1.82) is 0 Å². The van der Waals surface area contributed by atoms with E-state index in [1.165, 1.54) is 4.90 Å². The predicted molar refractivity (Wildman–Crippen MR) is 130 cm³/mol. The van der Waals surface area contributed by atoms with E-state index in [1.807, 2.05) is 49.6 Å². The van der Waals surface area contributed by atoms with Crippen molar-refractivity contribution in [2.45, 2.75) is 31.3 Å². The van der Waals surface area contributed by atoms with E-state index in [4.69, 9.17) is 11.6 Å². The monoisotopic (exact) mass is 483 g/mol. The third kappa shape index (κ3) is 3.32. The number of carbonyl (C=O) groups excluding carboxylic acids is 3. The zero-order chi connectivity index (χ0) is 23.3. The fourth-order valence-corrected chi connectivity index (χ4v) is 6.30. The first-order chi connectivity index (χ1) is 15.9. The van der Waals surface area contributed by atoms with Crippen molar-refractivity contribution in [3.63, 3.8) is 0 Å². The fraction of sp³-hybridized carbons (Fsp3) is 0.400. The van der Waals surface area contributed by atoms with Crippen molar-refractivity contribution in [2.24, 2.45) is 11.8 Å². The van der Waals surface area contributed by atoms with Gasteiger partial charge in [-0.3, -0.25) is 24.6 Å². The summed E-state index contributed by atoms with van der Waals surface area (Å²) in [6.45, 7) is 2.17. The lowest BCUT2D eigenvalue weighted by atomic mass is 9.76. The first-order valence-electron chi connectivity index (χ1n) is 11.2. The second kappa shape index (κ2) is 8.46. The van der Waals surface area contributed by atoms with Gasteiger partial charge >= 0.3 is 0 Å². The number of carbonyl (C=O) groups is 3. The Morgan fingerprint density at radius 1 is 1.09 bits per heavy atom. The van der Waals surface area contributed by atoms with E-state index in [1.54, 1.807) is 17.8 Å². The first kappa shape index (κ1) is 22.4. The molecule has 2 N–H and O–H groups in total. The van der Waals surface area contributed by atoms with E-state index in [0.29, 0.717) is 35.7 Å². The Balaban J connectivity index is 1.54. The molecule has 5 rings (SSSR count). The second-order valence-corrected chi connectivity index (χ2v) is 10.3. The zero-order valence-electron chi connectivity index (χ0n) is 18.6. The van der Waals surface area contributed by atoms with Crippen molar-refractivity contribution in [1.82, 2.24) is 10.2 Å². The highest BCUT2D eigenvalue weighted by atomic mass is 35.5. The van der Waals surface area contributed by atoms with Crippen LogP contribution in [0.25, 0.3) is 0 Å².